The molecule has 0 aliphatic carbocycles. The van der Waals surface area contributed by atoms with E-state index in [1.807, 2.05) is 54.6 Å². The number of hydrogen-bond acceptors (Lipinski definition) is 2. The number of halogens is 1. The van der Waals surface area contributed by atoms with E-state index in [9.17, 15) is 10.4 Å². The highest BCUT2D eigenvalue weighted by Gasteiger charge is 2.22. The van der Waals surface area contributed by atoms with Gasteiger partial charge in [0.05, 0.1) is 12.2 Å². The summed E-state index contributed by atoms with van der Waals surface area (Å²) in [7, 11) is 0. The lowest BCUT2D eigenvalue weighted by Gasteiger charge is -2.17. The molecule has 0 heterocycles. The van der Waals surface area contributed by atoms with E-state index in [-0.39, 0.29) is 0 Å². The fourth-order valence-corrected chi connectivity index (χ4v) is 2.10. The molecule has 0 saturated carbocycles. The Morgan fingerprint density at radius 3 is 2.11 bits per heavy atom. The minimum Gasteiger partial charge on any atom is -0.387 e. The minimum absolute atomic E-state index is 0.549. The van der Waals surface area contributed by atoms with E-state index in [0.717, 1.165) is 15.6 Å². The van der Waals surface area contributed by atoms with Crippen molar-refractivity contribution in [3.05, 3.63) is 70.2 Å². The summed E-state index contributed by atoms with van der Waals surface area (Å²) in [6.45, 7) is 0. The molecule has 0 radical (unpaired) electrons. The lowest BCUT2D eigenvalue weighted by atomic mass is 9.90. The summed E-state index contributed by atoms with van der Waals surface area (Å²) in [6, 6.07) is 18.9. The van der Waals surface area contributed by atoms with E-state index in [4.69, 9.17) is 0 Å². The van der Waals surface area contributed by atoms with Gasteiger partial charge in [-0.2, -0.15) is 5.26 Å². The Labute approximate surface area is 115 Å². The van der Waals surface area contributed by atoms with Crippen molar-refractivity contribution in [1.82, 2.24) is 0 Å². The Morgan fingerprint density at radius 1 is 0.944 bits per heavy atom. The van der Waals surface area contributed by atoms with Gasteiger partial charge < -0.3 is 5.11 Å². The van der Waals surface area contributed by atoms with E-state index in [0.29, 0.717) is 0 Å². The van der Waals surface area contributed by atoms with Crippen LogP contribution in [0.2, 0.25) is 0 Å². The van der Waals surface area contributed by atoms with Crippen molar-refractivity contribution < 1.29 is 5.11 Å². The number of benzene rings is 2. The number of nitriles is 1. The second kappa shape index (κ2) is 5.81. The van der Waals surface area contributed by atoms with Gasteiger partial charge in [0, 0.05) is 4.47 Å². The van der Waals surface area contributed by atoms with Crippen molar-refractivity contribution in [1.29, 1.82) is 5.26 Å². The Kier molecular flexibility index (Phi) is 4.14. The van der Waals surface area contributed by atoms with Gasteiger partial charge in [-0.1, -0.05) is 58.4 Å². The quantitative estimate of drug-likeness (QED) is 0.937. The number of hydrogen-bond donors (Lipinski definition) is 1. The van der Waals surface area contributed by atoms with Crippen LogP contribution in [-0.4, -0.2) is 5.11 Å². The van der Waals surface area contributed by atoms with Crippen LogP contribution >= 0.6 is 15.9 Å². The normalized spacial score (nSPS) is 13.6. The largest absolute Gasteiger partial charge is 0.387 e. The predicted octanol–water partition coefficient (Wildman–Crippen LogP) is 3.79. The third kappa shape index (κ3) is 2.79. The zero-order valence-corrected chi connectivity index (χ0v) is 11.2. The monoisotopic (exact) mass is 301 g/mol. The molecule has 0 aliphatic rings. The summed E-state index contributed by atoms with van der Waals surface area (Å²) in [5, 5.41) is 19.5. The molecular formula is C15H12BrNO. The average Bonchev–Trinajstić information content (AvgIpc) is 2.41. The van der Waals surface area contributed by atoms with Crippen molar-refractivity contribution in [2.24, 2.45) is 0 Å². The first kappa shape index (κ1) is 12.8. The lowest BCUT2D eigenvalue weighted by Crippen LogP contribution is -2.09. The number of nitrogens with zero attached hydrogens (tertiary/aromatic N) is 1. The maximum atomic E-state index is 10.3. The van der Waals surface area contributed by atoms with Crippen LogP contribution in [0, 0.1) is 11.3 Å². The molecule has 0 fully saturated rings. The second-order valence-electron chi connectivity index (χ2n) is 4.01. The Balaban J connectivity index is 2.29. The first-order valence-electron chi connectivity index (χ1n) is 5.60. The summed E-state index contributed by atoms with van der Waals surface area (Å²) in [6.07, 6.45) is -0.814. The van der Waals surface area contributed by atoms with Crippen LogP contribution in [0.4, 0.5) is 0 Å². The standard InChI is InChI=1S/C15H12BrNO/c16-13-8-6-12(7-9-13)15(18)14(10-17)11-4-2-1-3-5-11/h1-9,14-15,18H. The summed E-state index contributed by atoms with van der Waals surface area (Å²) in [4.78, 5) is 0. The molecule has 3 heteroatoms. The van der Waals surface area contributed by atoms with Crippen LogP contribution in [0.5, 0.6) is 0 Å². The highest BCUT2D eigenvalue weighted by atomic mass is 79.9. The predicted molar refractivity (Wildman–Crippen MR) is 73.9 cm³/mol. The molecule has 18 heavy (non-hydrogen) atoms. The van der Waals surface area contributed by atoms with Gasteiger partial charge in [0.2, 0.25) is 0 Å². The first-order valence-corrected chi connectivity index (χ1v) is 6.40. The molecule has 2 atom stereocenters. The number of aliphatic hydroxyl groups is 1. The molecule has 0 spiro atoms. The summed E-state index contributed by atoms with van der Waals surface area (Å²) < 4.78 is 0.951. The molecule has 1 N–H and O–H groups in total. The van der Waals surface area contributed by atoms with Gasteiger partial charge >= 0.3 is 0 Å². The molecule has 0 saturated heterocycles. The molecule has 2 aromatic carbocycles. The van der Waals surface area contributed by atoms with E-state index in [2.05, 4.69) is 22.0 Å². The fraction of sp³-hybridized carbons (Fsp3) is 0.133. The lowest BCUT2D eigenvalue weighted by molar-refractivity contribution is 0.164. The molecular weight excluding hydrogens is 290 g/mol. The highest BCUT2D eigenvalue weighted by molar-refractivity contribution is 9.10. The van der Waals surface area contributed by atoms with Crippen molar-refractivity contribution in [2.45, 2.75) is 12.0 Å². The second-order valence-corrected chi connectivity index (χ2v) is 4.93. The van der Waals surface area contributed by atoms with Crippen LogP contribution in [0.25, 0.3) is 0 Å². The van der Waals surface area contributed by atoms with Crippen molar-refractivity contribution in [2.75, 3.05) is 0 Å². The molecule has 0 aromatic heterocycles. The third-order valence-corrected chi connectivity index (χ3v) is 3.35. The maximum absolute atomic E-state index is 10.3. The van der Waals surface area contributed by atoms with E-state index in [1.165, 1.54) is 0 Å². The molecule has 2 unspecified atom stereocenters. The van der Waals surface area contributed by atoms with Crippen LogP contribution in [0.15, 0.2) is 59.1 Å². The zero-order valence-electron chi connectivity index (χ0n) is 9.62. The highest BCUT2D eigenvalue weighted by Crippen LogP contribution is 2.30. The summed E-state index contributed by atoms with van der Waals surface area (Å²) in [5.41, 5.74) is 1.57. The zero-order chi connectivity index (χ0) is 13.0. The van der Waals surface area contributed by atoms with Crippen LogP contribution in [-0.2, 0) is 0 Å². The molecule has 0 amide bonds. The van der Waals surface area contributed by atoms with Gasteiger partial charge in [-0.25, -0.2) is 0 Å². The van der Waals surface area contributed by atoms with Crippen molar-refractivity contribution in [3.8, 4) is 6.07 Å². The molecule has 90 valence electrons. The van der Waals surface area contributed by atoms with Crippen LogP contribution in [0.1, 0.15) is 23.1 Å². The molecule has 2 nitrogen and oxygen atoms in total. The molecule has 2 aromatic rings. The van der Waals surface area contributed by atoms with Gasteiger partial charge in [0.15, 0.2) is 0 Å². The van der Waals surface area contributed by atoms with Gasteiger partial charge in [0.25, 0.3) is 0 Å². The Morgan fingerprint density at radius 2 is 1.56 bits per heavy atom. The Bertz CT molecular complexity index is 545. The first-order chi connectivity index (χ1) is 8.72. The summed E-state index contributed by atoms with van der Waals surface area (Å²) >= 11 is 3.35. The molecule has 0 aliphatic heterocycles. The van der Waals surface area contributed by atoms with E-state index >= 15 is 0 Å². The smallest absolute Gasteiger partial charge is 0.101 e. The van der Waals surface area contributed by atoms with E-state index in [1.54, 1.807) is 0 Å². The minimum atomic E-state index is -0.814. The fourth-order valence-electron chi connectivity index (χ4n) is 1.84. The molecule has 0 bridgehead atoms. The van der Waals surface area contributed by atoms with Gasteiger partial charge in [0.1, 0.15) is 5.92 Å². The SMILES string of the molecule is N#CC(c1ccccc1)C(O)c1ccc(Br)cc1. The topological polar surface area (TPSA) is 44.0 Å². The van der Waals surface area contributed by atoms with Gasteiger partial charge in [-0.15, -0.1) is 0 Å². The maximum Gasteiger partial charge on any atom is 0.101 e. The van der Waals surface area contributed by atoms with Crippen molar-refractivity contribution >= 4 is 15.9 Å². The van der Waals surface area contributed by atoms with Crippen molar-refractivity contribution in [3.63, 3.8) is 0 Å². The van der Waals surface area contributed by atoms with Gasteiger partial charge in [-0.05, 0) is 23.3 Å². The third-order valence-electron chi connectivity index (χ3n) is 2.83. The summed E-state index contributed by atoms with van der Waals surface area (Å²) in [5.74, 6) is -0.549. The van der Waals surface area contributed by atoms with Crippen LogP contribution < -0.4 is 0 Å². The number of rotatable bonds is 3. The Hall–Kier alpha value is -1.63. The molecule has 2 rings (SSSR count). The average molecular weight is 302 g/mol. The van der Waals surface area contributed by atoms with Gasteiger partial charge in [-0.3, -0.25) is 0 Å². The number of aliphatic hydroxyl groups excluding tert-OH is 1. The van der Waals surface area contributed by atoms with Crippen LogP contribution in [0.3, 0.4) is 0 Å². The van der Waals surface area contributed by atoms with E-state index < -0.39 is 12.0 Å².